The predicted octanol–water partition coefficient (Wildman–Crippen LogP) is 6.07. The zero-order chi connectivity index (χ0) is 12.9. The molecule has 0 aliphatic carbocycles. The van der Waals surface area contributed by atoms with Gasteiger partial charge >= 0.3 is 0 Å². The Morgan fingerprint density at radius 2 is 1.82 bits per heavy atom. The van der Waals surface area contributed by atoms with Gasteiger partial charge in [0.25, 0.3) is 0 Å². The largest absolute Gasteiger partial charge is 0.131 e. The van der Waals surface area contributed by atoms with Gasteiger partial charge < -0.3 is 0 Å². The molecule has 0 aliphatic rings. The molecule has 102 valence electrons. The first kappa shape index (κ1) is 17.5. The van der Waals surface area contributed by atoms with Crippen LogP contribution in [0.15, 0.2) is 11.5 Å². The van der Waals surface area contributed by atoms with Crippen LogP contribution in [0.4, 0.5) is 0 Å². The van der Waals surface area contributed by atoms with Crippen molar-refractivity contribution in [1.29, 1.82) is 0 Å². The Balaban J connectivity index is 3.52. The summed E-state index contributed by atoms with van der Waals surface area (Å²) < 4.78 is 0. The molecule has 0 aromatic heterocycles. The van der Waals surface area contributed by atoms with Gasteiger partial charge in [-0.05, 0) is 36.5 Å². The first-order valence-corrected chi connectivity index (χ1v) is 9.78. The van der Waals surface area contributed by atoms with Crippen molar-refractivity contribution in [2.75, 3.05) is 12.4 Å². The van der Waals surface area contributed by atoms with Crippen LogP contribution in [0.25, 0.3) is 0 Å². The fourth-order valence-electron chi connectivity index (χ4n) is 1.80. The zero-order valence-corrected chi connectivity index (χ0v) is 13.9. The second-order valence-corrected chi connectivity index (χ2v) is 7.38. The van der Waals surface area contributed by atoms with Gasteiger partial charge in [-0.2, -0.15) is 0 Å². The molecule has 0 aliphatic heterocycles. The van der Waals surface area contributed by atoms with Gasteiger partial charge in [-0.3, -0.25) is 0 Å². The molecule has 2 unspecified atom stereocenters. The number of rotatable bonds is 12. The molecule has 2 heteroatoms. The fourth-order valence-corrected chi connectivity index (χ4v) is 4.10. The predicted molar refractivity (Wildman–Crippen MR) is 87.9 cm³/mol. The summed E-state index contributed by atoms with van der Waals surface area (Å²) in [5, 5.41) is 0. The third-order valence-electron chi connectivity index (χ3n) is 3.11. The van der Waals surface area contributed by atoms with Crippen LogP contribution in [-0.2, 0) is 0 Å². The van der Waals surface area contributed by atoms with E-state index >= 15 is 0 Å². The van der Waals surface area contributed by atoms with E-state index in [9.17, 15) is 0 Å². The average molecular weight is 274 g/mol. The van der Waals surface area contributed by atoms with Crippen molar-refractivity contribution in [2.24, 2.45) is 0 Å². The van der Waals surface area contributed by atoms with Gasteiger partial charge in [-0.15, -0.1) is 20.3 Å². The third-order valence-corrected chi connectivity index (χ3v) is 5.90. The molecule has 0 radical (unpaired) electrons. The SMILES string of the molecule is C=C(CCCCCC)SCC(CCCC)PC. The van der Waals surface area contributed by atoms with Crippen LogP contribution in [-0.4, -0.2) is 18.1 Å². The van der Waals surface area contributed by atoms with Crippen LogP contribution >= 0.6 is 20.3 Å². The van der Waals surface area contributed by atoms with E-state index in [1.807, 2.05) is 11.8 Å². The lowest BCUT2D eigenvalue weighted by Crippen LogP contribution is -2.03. The number of allylic oxidation sites excluding steroid dienone is 1. The van der Waals surface area contributed by atoms with Crippen LogP contribution in [0, 0.1) is 0 Å². The molecule has 0 heterocycles. The topological polar surface area (TPSA) is 0 Å². The van der Waals surface area contributed by atoms with E-state index in [0.717, 1.165) is 14.2 Å². The Hall–Kier alpha value is 0.520. The second kappa shape index (κ2) is 13.0. The highest BCUT2D eigenvalue weighted by Crippen LogP contribution is 2.29. The normalized spacial score (nSPS) is 13.4. The lowest BCUT2D eigenvalue weighted by Gasteiger charge is -2.14. The highest BCUT2D eigenvalue weighted by Gasteiger charge is 2.06. The summed E-state index contributed by atoms with van der Waals surface area (Å²) in [5.74, 6) is 1.31. The summed E-state index contributed by atoms with van der Waals surface area (Å²) in [6, 6.07) is 0. The van der Waals surface area contributed by atoms with Crippen LogP contribution < -0.4 is 0 Å². The molecule has 0 fully saturated rings. The lowest BCUT2D eigenvalue weighted by atomic mass is 10.1. The van der Waals surface area contributed by atoms with Crippen LogP contribution in [0.2, 0.25) is 0 Å². The van der Waals surface area contributed by atoms with Gasteiger partial charge in [0.2, 0.25) is 0 Å². The van der Waals surface area contributed by atoms with Gasteiger partial charge in [0.15, 0.2) is 0 Å². The molecule has 0 aromatic rings. The standard InChI is InChI=1S/C15H31PS/c1-5-7-9-10-11-14(3)17-13-15(16-4)12-8-6-2/h15-16H,3,5-13H2,1-2,4H3. The molecule has 0 aromatic carbocycles. The summed E-state index contributed by atoms with van der Waals surface area (Å²) in [4.78, 5) is 1.42. The molecular formula is C15H31PS. The van der Waals surface area contributed by atoms with Crippen molar-refractivity contribution < 1.29 is 0 Å². The smallest absolute Gasteiger partial charge is 0.00419 e. The first-order valence-electron chi connectivity index (χ1n) is 7.22. The molecular weight excluding hydrogens is 243 g/mol. The minimum absolute atomic E-state index is 0.937. The molecule has 2 atom stereocenters. The zero-order valence-electron chi connectivity index (χ0n) is 12.1. The van der Waals surface area contributed by atoms with Crippen LogP contribution in [0.1, 0.15) is 65.2 Å². The molecule has 0 nitrogen and oxygen atoms in total. The minimum Gasteiger partial charge on any atom is -0.131 e. The maximum atomic E-state index is 4.20. The van der Waals surface area contributed by atoms with E-state index in [1.54, 1.807) is 0 Å². The van der Waals surface area contributed by atoms with Crippen LogP contribution in [0.3, 0.4) is 0 Å². The van der Waals surface area contributed by atoms with Gasteiger partial charge in [-0.1, -0.05) is 52.5 Å². The summed E-state index contributed by atoms with van der Waals surface area (Å²) in [6.45, 7) is 11.1. The quantitative estimate of drug-likeness (QED) is 0.307. The highest BCUT2D eigenvalue weighted by atomic mass is 32.2. The number of unbranched alkanes of at least 4 members (excludes halogenated alkanes) is 4. The van der Waals surface area contributed by atoms with Crippen molar-refractivity contribution >= 4 is 20.3 Å². The summed E-state index contributed by atoms with van der Waals surface area (Å²) >= 11 is 2.03. The Labute approximate surface area is 115 Å². The molecule has 17 heavy (non-hydrogen) atoms. The van der Waals surface area contributed by atoms with E-state index in [2.05, 4.69) is 27.1 Å². The second-order valence-electron chi connectivity index (χ2n) is 4.79. The Kier molecular flexibility index (Phi) is 13.4. The summed E-state index contributed by atoms with van der Waals surface area (Å²) in [5.41, 5.74) is 0.937. The Morgan fingerprint density at radius 3 is 2.41 bits per heavy atom. The van der Waals surface area contributed by atoms with E-state index in [4.69, 9.17) is 0 Å². The molecule has 0 saturated carbocycles. The number of hydrogen-bond acceptors (Lipinski definition) is 1. The Bertz CT molecular complexity index is 180. The number of thioether (sulfide) groups is 1. The summed E-state index contributed by atoms with van der Waals surface area (Å²) in [7, 11) is 1.10. The fraction of sp³-hybridized carbons (Fsp3) is 0.867. The summed E-state index contributed by atoms with van der Waals surface area (Å²) in [6.07, 6.45) is 10.8. The van der Waals surface area contributed by atoms with E-state index < -0.39 is 0 Å². The highest BCUT2D eigenvalue weighted by molar-refractivity contribution is 8.03. The average Bonchev–Trinajstić information content (AvgIpc) is 2.35. The molecule has 0 amide bonds. The van der Waals surface area contributed by atoms with Crippen molar-refractivity contribution in [1.82, 2.24) is 0 Å². The third kappa shape index (κ3) is 11.3. The maximum absolute atomic E-state index is 4.20. The monoisotopic (exact) mass is 274 g/mol. The van der Waals surface area contributed by atoms with Gasteiger partial charge in [0.1, 0.15) is 0 Å². The first-order chi connectivity index (χ1) is 8.24. The van der Waals surface area contributed by atoms with E-state index in [0.29, 0.717) is 0 Å². The molecule has 0 spiro atoms. The Morgan fingerprint density at radius 1 is 1.12 bits per heavy atom. The van der Waals surface area contributed by atoms with E-state index in [1.165, 1.54) is 62.0 Å². The minimum atomic E-state index is 0.937. The molecule has 0 bridgehead atoms. The van der Waals surface area contributed by atoms with Crippen molar-refractivity contribution in [3.05, 3.63) is 11.5 Å². The molecule has 0 saturated heterocycles. The lowest BCUT2D eigenvalue weighted by molar-refractivity contribution is 0.672. The van der Waals surface area contributed by atoms with Gasteiger partial charge in [0.05, 0.1) is 0 Å². The molecule has 0 N–H and O–H groups in total. The van der Waals surface area contributed by atoms with Gasteiger partial charge in [0, 0.05) is 5.75 Å². The van der Waals surface area contributed by atoms with Crippen molar-refractivity contribution in [2.45, 2.75) is 70.9 Å². The van der Waals surface area contributed by atoms with Crippen LogP contribution in [0.5, 0.6) is 0 Å². The van der Waals surface area contributed by atoms with Crippen molar-refractivity contribution in [3.63, 3.8) is 0 Å². The van der Waals surface area contributed by atoms with Gasteiger partial charge in [-0.25, -0.2) is 0 Å². The number of hydrogen-bond donors (Lipinski definition) is 0. The van der Waals surface area contributed by atoms with Crippen molar-refractivity contribution in [3.8, 4) is 0 Å². The molecule has 0 rings (SSSR count). The van der Waals surface area contributed by atoms with E-state index in [-0.39, 0.29) is 0 Å². The maximum Gasteiger partial charge on any atom is 0.00419 e.